The van der Waals surface area contributed by atoms with Gasteiger partial charge in [0, 0.05) is 18.1 Å². The maximum Gasteiger partial charge on any atom is 0.0443 e. The average molecular weight is 189 g/mol. The maximum absolute atomic E-state index is 3.81. The van der Waals surface area contributed by atoms with E-state index in [1.54, 1.807) is 0 Å². The summed E-state index contributed by atoms with van der Waals surface area (Å²) in [5, 5.41) is 0. The average Bonchev–Trinajstić information content (AvgIpc) is 2.16. The first kappa shape index (κ1) is 10.8. The minimum atomic E-state index is 0.572. The summed E-state index contributed by atoms with van der Waals surface area (Å²) >= 11 is 0. The van der Waals surface area contributed by atoms with Crippen LogP contribution in [0.15, 0.2) is 48.0 Å². The molecule has 0 amide bonds. The van der Waals surface area contributed by atoms with Gasteiger partial charge in [0.25, 0.3) is 0 Å². The Labute approximate surface area is 87.1 Å². The van der Waals surface area contributed by atoms with Crippen LogP contribution in [0, 0.1) is 5.92 Å². The summed E-state index contributed by atoms with van der Waals surface area (Å²) in [5.74, 6) is 0.572. The van der Waals surface area contributed by atoms with E-state index >= 15 is 0 Å². The number of rotatable bonds is 2. The molecule has 1 aliphatic heterocycles. The molecule has 76 valence electrons. The van der Waals surface area contributed by atoms with Crippen molar-refractivity contribution in [1.82, 2.24) is 4.90 Å². The van der Waals surface area contributed by atoms with Gasteiger partial charge >= 0.3 is 0 Å². The Morgan fingerprint density at radius 1 is 1.50 bits per heavy atom. The normalized spacial score (nSPS) is 19.8. The fourth-order valence-electron chi connectivity index (χ4n) is 1.39. The third-order valence-electron chi connectivity index (χ3n) is 2.61. The number of nitrogens with zero attached hydrogens (tertiary/aromatic N) is 1. The molecule has 0 aromatic rings. The van der Waals surface area contributed by atoms with Crippen molar-refractivity contribution in [3.05, 3.63) is 48.0 Å². The molecule has 1 aliphatic rings. The Hall–Kier alpha value is -1.24. The van der Waals surface area contributed by atoms with Crippen molar-refractivity contribution in [3.63, 3.8) is 0 Å². The van der Waals surface area contributed by atoms with Crippen molar-refractivity contribution >= 4 is 0 Å². The minimum Gasteiger partial charge on any atom is -0.325 e. The Morgan fingerprint density at radius 3 is 2.64 bits per heavy atom. The molecule has 0 aromatic carbocycles. The van der Waals surface area contributed by atoms with Crippen LogP contribution >= 0.6 is 0 Å². The van der Waals surface area contributed by atoms with Crippen LogP contribution in [-0.4, -0.2) is 4.90 Å². The van der Waals surface area contributed by atoms with Gasteiger partial charge in [0.05, 0.1) is 0 Å². The largest absolute Gasteiger partial charge is 0.325 e. The van der Waals surface area contributed by atoms with Gasteiger partial charge in [-0.05, 0) is 43.1 Å². The van der Waals surface area contributed by atoms with Gasteiger partial charge in [-0.1, -0.05) is 20.4 Å². The van der Waals surface area contributed by atoms with Gasteiger partial charge in [0.2, 0.25) is 0 Å². The van der Waals surface area contributed by atoms with Gasteiger partial charge in [-0.2, -0.15) is 0 Å². The van der Waals surface area contributed by atoms with Crippen LogP contribution in [0.3, 0.4) is 0 Å². The smallest absolute Gasteiger partial charge is 0.0443 e. The van der Waals surface area contributed by atoms with Crippen LogP contribution < -0.4 is 0 Å². The van der Waals surface area contributed by atoms with Crippen molar-refractivity contribution in [2.45, 2.75) is 27.7 Å². The summed E-state index contributed by atoms with van der Waals surface area (Å²) in [4.78, 5) is 2.07. The topological polar surface area (TPSA) is 3.24 Å². The van der Waals surface area contributed by atoms with Gasteiger partial charge in [-0.3, -0.25) is 0 Å². The number of allylic oxidation sites excluding steroid dienone is 4. The highest BCUT2D eigenvalue weighted by molar-refractivity contribution is 5.38. The second-order valence-corrected chi connectivity index (χ2v) is 4.02. The summed E-state index contributed by atoms with van der Waals surface area (Å²) < 4.78 is 0. The number of hydrogen-bond donors (Lipinski definition) is 0. The van der Waals surface area contributed by atoms with Gasteiger partial charge < -0.3 is 4.90 Å². The van der Waals surface area contributed by atoms with E-state index < -0.39 is 0 Å². The molecule has 1 rings (SSSR count). The molecule has 0 spiro atoms. The lowest BCUT2D eigenvalue weighted by atomic mass is 10.00. The molecular formula is C13H19N. The predicted molar refractivity (Wildman–Crippen MR) is 62.5 cm³/mol. The van der Waals surface area contributed by atoms with Gasteiger partial charge in [0.15, 0.2) is 0 Å². The second-order valence-electron chi connectivity index (χ2n) is 4.02. The van der Waals surface area contributed by atoms with E-state index in [1.807, 2.05) is 6.20 Å². The van der Waals surface area contributed by atoms with Crippen LogP contribution in [0.25, 0.3) is 0 Å². The molecular weight excluding hydrogens is 170 g/mol. The molecule has 0 atom stereocenters. The molecule has 0 saturated heterocycles. The summed E-state index contributed by atoms with van der Waals surface area (Å²) in [6, 6.07) is 0. The second kappa shape index (κ2) is 4.32. The molecule has 0 aromatic heterocycles. The third-order valence-corrected chi connectivity index (χ3v) is 2.61. The van der Waals surface area contributed by atoms with Crippen LogP contribution in [0.2, 0.25) is 0 Å². The number of hydrogen-bond acceptors (Lipinski definition) is 1. The van der Waals surface area contributed by atoms with Crippen molar-refractivity contribution in [2.24, 2.45) is 5.92 Å². The van der Waals surface area contributed by atoms with Gasteiger partial charge in [-0.15, -0.1) is 0 Å². The molecule has 1 nitrogen and oxygen atoms in total. The SMILES string of the molecule is C=CN1C=CC(C)=C/C1=C(\C)C(C)C. The van der Waals surface area contributed by atoms with Crippen molar-refractivity contribution < 1.29 is 0 Å². The monoisotopic (exact) mass is 189 g/mol. The molecule has 0 bridgehead atoms. The Kier molecular flexibility index (Phi) is 3.34. The summed E-state index contributed by atoms with van der Waals surface area (Å²) in [5.41, 5.74) is 3.95. The third kappa shape index (κ3) is 2.16. The molecule has 0 radical (unpaired) electrons. The van der Waals surface area contributed by atoms with E-state index in [4.69, 9.17) is 0 Å². The Bertz CT molecular complexity index is 316. The quantitative estimate of drug-likeness (QED) is 0.638. The van der Waals surface area contributed by atoms with Crippen molar-refractivity contribution in [1.29, 1.82) is 0 Å². The lowest BCUT2D eigenvalue weighted by molar-refractivity contribution is 0.609. The van der Waals surface area contributed by atoms with Crippen molar-refractivity contribution in [2.75, 3.05) is 0 Å². The summed E-state index contributed by atoms with van der Waals surface area (Å²) in [7, 11) is 0. The van der Waals surface area contributed by atoms with Gasteiger partial charge in [-0.25, -0.2) is 0 Å². The molecule has 14 heavy (non-hydrogen) atoms. The molecule has 0 fully saturated rings. The fourth-order valence-corrected chi connectivity index (χ4v) is 1.39. The van der Waals surface area contributed by atoms with E-state index in [0.717, 1.165) is 0 Å². The fraction of sp³-hybridized carbons (Fsp3) is 0.385. The molecule has 0 unspecified atom stereocenters. The zero-order chi connectivity index (χ0) is 10.7. The molecule has 1 heterocycles. The van der Waals surface area contributed by atoms with Crippen LogP contribution in [0.1, 0.15) is 27.7 Å². The summed E-state index contributed by atoms with van der Waals surface area (Å²) in [6.45, 7) is 12.5. The molecule has 1 heteroatoms. The van der Waals surface area contributed by atoms with E-state index in [0.29, 0.717) is 5.92 Å². The maximum atomic E-state index is 3.81. The lowest BCUT2D eigenvalue weighted by Crippen LogP contribution is -2.13. The zero-order valence-corrected chi connectivity index (χ0v) is 9.54. The molecule has 0 saturated carbocycles. The van der Waals surface area contributed by atoms with E-state index in [-0.39, 0.29) is 0 Å². The molecule has 0 N–H and O–H groups in total. The minimum absolute atomic E-state index is 0.572. The first-order chi connectivity index (χ1) is 6.56. The predicted octanol–water partition coefficient (Wildman–Crippen LogP) is 3.84. The Balaban J connectivity index is 3.12. The van der Waals surface area contributed by atoms with Crippen LogP contribution in [0.4, 0.5) is 0 Å². The van der Waals surface area contributed by atoms with Crippen LogP contribution in [-0.2, 0) is 0 Å². The van der Waals surface area contributed by atoms with E-state index in [9.17, 15) is 0 Å². The van der Waals surface area contributed by atoms with Crippen molar-refractivity contribution in [3.8, 4) is 0 Å². The van der Waals surface area contributed by atoms with Crippen LogP contribution in [0.5, 0.6) is 0 Å². The van der Waals surface area contributed by atoms with E-state index in [2.05, 4.69) is 57.5 Å². The lowest BCUT2D eigenvalue weighted by Gasteiger charge is -2.24. The van der Waals surface area contributed by atoms with Gasteiger partial charge in [0.1, 0.15) is 0 Å². The highest BCUT2D eigenvalue weighted by Crippen LogP contribution is 2.24. The first-order valence-corrected chi connectivity index (χ1v) is 5.04. The van der Waals surface area contributed by atoms with E-state index in [1.165, 1.54) is 16.8 Å². The summed E-state index contributed by atoms with van der Waals surface area (Å²) in [6.07, 6.45) is 8.21. The highest BCUT2D eigenvalue weighted by Gasteiger charge is 2.10. The molecule has 0 aliphatic carbocycles. The first-order valence-electron chi connectivity index (χ1n) is 5.04. The standard InChI is InChI=1S/C13H19N/c1-6-14-8-7-11(4)9-13(14)12(5)10(2)3/h6-10H,1H2,2-5H3/b13-12-. The highest BCUT2D eigenvalue weighted by atomic mass is 15.1. The zero-order valence-electron chi connectivity index (χ0n) is 9.54. The Morgan fingerprint density at radius 2 is 2.14 bits per heavy atom.